The lowest BCUT2D eigenvalue weighted by molar-refractivity contribution is 0.0784. The number of nitrogens with zero attached hydrogens (tertiary/aromatic N) is 3. The van der Waals surface area contributed by atoms with Crippen molar-refractivity contribution in [3.8, 4) is 0 Å². The van der Waals surface area contributed by atoms with Crippen molar-refractivity contribution in [3.05, 3.63) is 18.0 Å². The molecule has 0 radical (unpaired) electrons. The summed E-state index contributed by atoms with van der Waals surface area (Å²) >= 11 is 0. The number of rotatable bonds is 5. The summed E-state index contributed by atoms with van der Waals surface area (Å²) in [5.74, 6) is 0.907. The van der Waals surface area contributed by atoms with Crippen LogP contribution >= 0.6 is 0 Å². The molecule has 1 atom stereocenters. The third-order valence-corrected chi connectivity index (χ3v) is 4.39. The molecule has 5 nitrogen and oxygen atoms in total. The summed E-state index contributed by atoms with van der Waals surface area (Å²) in [6.45, 7) is 2.89. The first-order valence-corrected chi connectivity index (χ1v) is 7.75. The number of hydrogen-bond acceptors (Lipinski definition) is 3. The third-order valence-electron chi connectivity index (χ3n) is 4.39. The van der Waals surface area contributed by atoms with E-state index in [0.717, 1.165) is 38.4 Å². The Balaban J connectivity index is 1.58. The molecule has 0 spiro atoms. The average Bonchev–Trinajstić information content (AvgIpc) is 3.19. The second kappa shape index (κ2) is 5.95. The molecule has 5 heteroatoms. The summed E-state index contributed by atoms with van der Waals surface area (Å²) in [5.41, 5.74) is 0.578. The Bertz CT molecular complexity index is 460. The topological polar surface area (TPSA) is 50.2 Å². The van der Waals surface area contributed by atoms with E-state index >= 15 is 0 Å². The zero-order valence-electron chi connectivity index (χ0n) is 12.2. The van der Waals surface area contributed by atoms with Crippen molar-refractivity contribution in [2.45, 2.75) is 38.1 Å². The van der Waals surface area contributed by atoms with Gasteiger partial charge in [0.25, 0.3) is 5.91 Å². The molecule has 1 saturated carbocycles. The first kappa shape index (κ1) is 13.6. The van der Waals surface area contributed by atoms with Crippen LogP contribution in [0.5, 0.6) is 0 Å². The molecule has 2 fully saturated rings. The number of carbonyl (C=O) groups is 1. The Morgan fingerprint density at radius 3 is 3.05 bits per heavy atom. The average molecular weight is 276 g/mol. The van der Waals surface area contributed by atoms with Crippen LogP contribution in [0, 0.1) is 5.92 Å². The highest BCUT2D eigenvalue weighted by atomic mass is 16.2. The second-order valence-electron chi connectivity index (χ2n) is 6.14. The molecule has 110 valence electrons. The Kier molecular flexibility index (Phi) is 4.05. The largest absolute Gasteiger partial charge is 0.340 e. The van der Waals surface area contributed by atoms with Gasteiger partial charge in [-0.1, -0.05) is 12.8 Å². The third kappa shape index (κ3) is 3.20. The maximum Gasteiger partial charge on any atom is 0.274 e. The number of aromatic nitrogens is 2. The minimum Gasteiger partial charge on any atom is -0.340 e. The van der Waals surface area contributed by atoms with Crippen LogP contribution in [0.4, 0.5) is 0 Å². The molecule has 1 N–H and O–H groups in total. The van der Waals surface area contributed by atoms with Crippen molar-refractivity contribution >= 4 is 5.91 Å². The number of nitrogens with one attached hydrogen (secondary N) is 1. The van der Waals surface area contributed by atoms with Crippen molar-refractivity contribution in [3.63, 3.8) is 0 Å². The smallest absolute Gasteiger partial charge is 0.274 e. The van der Waals surface area contributed by atoms with E-state index in [1.165, 1.54) is 19.3 Å². The fourth-order valence-electron chi connectivity index (χ4n) is 2.79. The van der Waals surface area contributed by atoms with Crippen LogP contribution in [0.25, 0.3) is 0 Å². The lowest BCUT2D eigenvalue weighted by Gasteiger charge is -2.23. The maximum atomic E-state index is 12.3. The van der Waals surface area contributed by atoms with E-state index in [0.29, 0.717) is 11.7 Å². The summed E-state index contributed by atoms with van der Waals surface area (Å²) < 4.78 is 1.95. The zero-order valence-corrected chi connectivity index (χ0v) is 12.2. The highest BCUT2D eigenvalue weighted by Crippen LogP contribution is 2.32. The van der Waals surface area contributed by atoms with Gasteiger partial charge in [0.15, 0.2) is 0 Å². The highest BCUT2D eigenvalue weighted by molar-refractivity contribution is 5.91. The minimum absolute atomic E-state index is 0.0492. The fraction of sp³-hybridized carbons (Fsp3) is 0.733. The Hall–Kier alpha value is -1.36. The summed E-state index contributed by atoms with van der Waals surface area (Å²) in [7, 11) is 1.88. The van der Waals surface area contributed by atoms with Gasteiger partial charge in [0.1, 0.15) is 5.69 Å². The molecule has 1 saturated heterocycles. The Morgan fingerprint density at radius 1 is 1.50 bits per heavy atom. The lowest BCUT2D eigenvalue weighted by atomic mass is 10.1. The van der Waals surface area contributed by atoms with Crippen molar-refractivity contribution < 1.29 is 4.79 Å². The molecule has 1 aromatic rings. The van der Waals surface area contributed by atoms with Gasteiger partial charge in [-0.3, -0.25) is 9.48 Å². The molecule has 1 aromatic heterocycles. The fourth-order valence-corrected chi connectivity index (χ4v) is 2.79. The quantitative estimate of drug-likeness (QED) is 0.890. The molecule has 0 bridgehead atoms. The van der Waals surface area contributed by atoms with Gasteiger partial charge in [0, 0.05) is 26.3 Å². The van der Waals surface area contributed by atoms with E-state index in [1.54, 1.807) is 0 Å². The van der Waals surface area contributed by atoms with Gasteiger partial charge < -0.3 is 10.2 Å². The number of hydrogen-bond donors (Lipinski definition) is 1. The molecule has 20 heavy (non-hydrogen) atoms. The zero-order chi connectivity index (χ0) is 13.9. The van der Waals surface area contributed by atoms with Crippen LogP contribution < -0.4 is 5.32 Å². The van der Waals surface area contributed by atoms with Crippen molar-refractivity contribution in [1.82, 2.24) is 20.0 Å². The Morgan fingerprint density at radius 2 is 2.35 bits per heavy atom. The van der Waals surface area contributed by atoms with E-state index in [-0.39, 0.29) is 5.91 Å². The van der Waals surface area contributed by atoms with Gasteiger partial charge in [-0.15, -0.1) is 0 Å². The monoisotopic (exact) mass is 276 g/mol. The number of piperidine rings is 1. The first-order valence-electron chi connectivity index (χ1n) is 7.75. The van der Waals surface area contributed by atoms with Crippen LogP contribution in [0.3, 0.4) is 0 Å². The molecule has 2 aliphatic rings. The second-order valence-corrected chi connectivity index (χ2v) is 6.14. The molecule has 0 aromatic carbocycles. The molecule has 3 rings (SSSR count). The maximum absolute atomic E-state index is 12.3. The molecular formula is C15H24N4O. The van der Waals surface area contributed by atoms with Gasteiger partial charge in [-0.05, 0) is 37.8 Å². The van der Waals surface area contributed by atoms with E-state index in [9.17, 15) is 4.79 Å². The Labute approximate surface area is 120 Å². The molecule has 1 amide bonds. The van der Waals surface area contributed by atoms with Crippen LogP contribution in [0.1, 0.15) is 48.6 Å². The van der Waals surface area contributed by atoms with Gasteiger partial charge in [-0.2, -0.15) is 5.10 Å². The van der Waals surface area contributed by atoms with Crippen molar-refractivity contribution in [2.24, 2.45) is 5.92 Å². The van der Waals surface area contributed by atoms with Gasteiger partial charge in [0.05, 0.1) is 6.04 Å². The van der Waals surface area contributed by atoms with E-state index in [4.69, 9.17) is 0 Å². The molecule has 1 unspecified atom stereocenters. The SMILES string of the molecule is CN(CCC1CC1)C(=O)c1ccn(C2CCCNC2)n1. The standard InChI is InChI=1S/C15H24N4O/c1-18(9-6-12-4-5-12)15(20)14-7-10-19(17-14)13-3-2-8-16-11-13/h7,10,12-13,16H,2-6,8-9,11H2,1H3. The lowest BCUT2D eigenvalue weighted by Crippen LogP contribution is -2.32. The summed E-state index contributed by atoms with van der Waals surface area (Å²) in [6, 6.07) is 2.24. The van der Waals surface area contributed by atoms with Gasteiger partial charge in [-0.25, -0.2) is 0 Å². The van der Waals surface area contributed by atoms with Gasteiger partial charge >= 0.3 is 0 Å². The minimum atomic E-state index is 0.0492. The van der Waals surface area contributed by atoms with E-state index < -0.39 is 0 Å². The van der Waals surface area contributed by atoms with E-state index in [2.05, 4.69) is 10.4 Å². The first-order chi connectivity index (χ1) is 9.74. The molecule has 1 aliphatic carbocycles. The predicted octanol–water partition coefficient (Wildman–Crippen LogP) is 1.68. The van der Waals surface area contributed by atoms with Gasteiger partial charge in [0.2, 0.25) is 0 Å². The summed E-state index contributed by atoms with van der Waals surface area (Å²) in [5, 5.41) is 7.86. The highest BCUT2D eigenvalue weighted by Gasteiger charge is 2.23. The molecule has 1 aliphatic heterocycles. The van der Waals surface area contributed by atoms with Crippen molar-refractivity contribution in [1.29, 1.82) is 0 Å². The van der Waals surface area contributed by atoms with E-state index in [1.807, 2.05) is 28.9 Å². The summed E-state index contributed by atoms with van der Waals surface area (Å²) in [4.78, 5) is 14.1. The van der Waals surface area contributed by atoms with Crippen LogP contribution in [0.15, 0.2) is 12.3 Å². The van der Waals surface area contributed by atoms with Crippen LogP contribution in [-0.4, -0.2) is 47.3 Å². The number of carbonyl (C=O) groups excluding carboxylic acids is 1. The molecular weight excluding hydrogens is 252 g/mol. The van der Waals surface area contributed by atoms with Crippen molar-refractivity contribution in [2.75, 3.05) is 26.7 Å². The van der Waals surface area contributed by atoms with Crippen LogP contribution in [-0.2, 0) is 0 Å². The normalized spacial score (nSPS) is 22.8. The summed E-state index contributed by atoms with van der Waals surface area (Å²) in [6.07, 6.45) is 8.07. The van der Waals surface area contributed by atoms with Crippen LogP contribution in [0.2, 0.25) is 0 Å². The molecule has 2 heterocycles. The number of amides is 1. The predicted molar refractivity (Wildman–Crippen MR) is 77.7 cm³/mol.